The van der Waals surface area contributed by atoms with Crippen molar-refractivity contribution in [2.75, 3.05) is 13.7 Å². The van der Waals surface area contributed by atoms with Gasteiger partial charge in [-0.15, -0.1) is 0 Å². The molecule has 1 aromatic carbocycles. The summed E-state index contributed by atoms with van der Waals surface area (Å²) < 4.78 is 11.0. The molecule has 160 valence electrons. The fourth-order valence-electron chi connectivity index (χ4n) is 3.48. The lowest BCUT2D eigenvalue weighted by atomic mass is 9.93. The minimum absolute atomic E-state index is 0.204. The fourth-order valence-corrected chi connectivity index (χ4v) is 3.48. The Morgan fingerprint density at radius 2 is 1.90 bits per heavy atom. The molecule has 3 rings (SSSR count). The summed E-state index contributed by atoms with van der Waals surface area (Å²) in [6.45, 7) is 6.71. The molecule has 0 bridgehead atoms. The van der Waals surface area contributed by atoms with Gasteiger partial charge in [0, 0.05) is 29.7 Å². The van der Waals surface area contributed by atoms with E-state index in [1.807, 2.05) is 6.92 Å². The van der Waals surface area contributed by atoms with Crippen LogP contribution in [0.25, 0.3) is 0 Å². The van der Waals surface area contributed by atoms with Crippen LogP contribution in [0.3, 0.4) is 0 Å². The molecule has 1 aliphatic rings. The molecule has 2 N–H and O–H groups in total. The van der Waals surface area contributed by atoms with Crippen LogP contribution in [-0.2, 0) is 6.42 Å². The van der Waals surface area contributed by atoms with Crippen molar-refractivity contribution in [1.29, 1.82) is 0 Å². The minimum Gasteiger partial charge on any atom is -0.497 e. The van der Waals surface area contributed by atoms with Gasteiger partial charge in [-0.05, 0) is 56.4 Å². The maximum Gasteiger partial charge on any atom is 0.287 e. The molecule has 0 atom stereocenters. The first-order valence-electron chi connectivity index (χ1n) is 10.3. The van der Waals surface area contributed by atoms with E-state index in [1.54, 1.807) is 31.4 Å². The van der Waals surface area contributed by atoms with Gasteiger partial charge in [-0.25, -0.2) is 5.43 Å². The average Bonchev–Trinajstić information content (AvgIpc) is 3.09. The van der Waals surface area contributed by atoms with Gasteiger partial charge in [0.2, 0.25) is 0 Å². The van der Waals surface area contributed by atoms with Crippen LogP contribution in [0.2, 0.25) is 0 Å². The van der Waals surface area contributed by atoms with E-state index in [1.165, 1.54) is 0 Å². The topological polar surface area (TPSA) is 92.9 Å². The molecule has 1 aliphatic carbocycles. The predicted molar refractivity (Wildman–Crippen MR) is 115 cm³/mol. The Balaban J connectivity index is 1.75. The molecular formula is C23H29N3O4. The zero-order valence-corrected chi connectivity index (χ0v) is 18.0. The summed E-state index contributed by atoms with van der Waals surface area (Å²) in [5, 5.41) is 7.28. The van der Waals surface area contributed by atoms with Gasteiger partial charge in [0.15, 0.2) is 5.76 Å². The van der Waals surface area contributed by atoms with Crippen molar-refractivity contribution in [2.45, 2.75) is 46.5 Å². The second-order valence-electron chi connectivity index (χ2n) is 7.87. The number of fused-ring (bicyclic) bond motifs is 1. The standard InChI is InChI=1S/C23H29N3O4/c1-14(2)12-13-24-23(28)21-15(3)20-18(6-5-7-19(20)30-21)25-26-22(27)16-8-10-17(29-4)11-9-16/h8-11,14H,5-7,12-13H2,1-4H3,(H,24,28)(H,26,27)/b25-18+. The number of hydrazone groups is 1. The first-order chi connectivity index (χ1) is 14.4. The maximum atomic E-state index is 12.6. The highest BCUT2D eigenvalue weighted by Crippen LogP contribution is 2.30. The highest BCUT2D eigenvalue weighted by Gasteiger charge is 2.28. The van der Waals surface area contributed by atoms with E-state index in [0.717, 1.165) is 41.9 Å². The van der Waals surface area contributed by atoms with E-state index < -0.39 is 0 Å². The van der Waals surface area contributed by atoms with Crippen LogP contribution in [-0.4, -0.2) is 31.2 Å². The molecule has 30 heavy (non-hydrogen) atoms. The zero-order chi connectivity index (χ0) is 21.7. The summed E-state index contributed by atoms with van der Waals surface area (Å²) in [4.78, 5) is 25.0. The number of methoxy groups -OCH3 is 1. The van der Waals surface area contributed by atoms with Gasteiger partial charge in [0.1, 0.15) is 11.5 Å². The molecule has 1 aromatic heterocycles. The summed E-state index contributed by atoms with van der Waals surface area (Å²) in [6.07, 6.45) is 3.23. The molecule has 0 saturated heterocycles. The predicted octanol–water partition coefficient (Wildman–Crippen LogP) is 3.84. The highest BCUT2D eigenvalue weighted by molar-refractivity contribution is 6.07. The molecule has 0 aliphatic heterocycles. The van der Waals surface area contributed by atoms with Gasteiger partial charge in [0.05, 0.1) is 12.8 Å². The third kappa shape index (κ3) is 4.90. The average molecular weight is 412 g/mol. The Kier molecular flexibility index (Phi) is 6.92. The Bertz CT molecular complexity index is 942. The van der Waals surface area contributed by atoms with Crippen molar-refractivity contribution in [1.82, 2.24) is 10.7 Å². The summed E-state index contributed by atoms with van der Waals surface area (Å²) in [6, 6.07) is 6.82. The van der Waals surface area contributed by atoms with Gasteiger partial charge in [-0.1, -0.05) is 13.8 Å². The number of carbonyl (C=O) groups is 2. The summed E-state index contributed by atoms with van der Waals surface area (Å²) in [5.74, 6) is 1.78. The molecule has 1 heterocycles. The molecule has 0 saturated carbocycles. The number of benzene rings is 1. The number of nitrogens with zero attached hydrogens (tertiary/aromatic N) is 1. The number of aryl methyl sites for hydroxylation is 1. The molecule has 0 fully saturated rings. The van der Waals surface area contributed by atoms with Gasteiger partial charge < -0.3 is 14.5 Å². The van der Waals surface area contributed by atoms with Crippen molar-refractivity contribution < 1.29 is 18.7 Å². The van der Waals surface area contributed by atoms with Crippen LogP contribution in [0.15, 0.2) is 33.8 Å². The first kappa shape index (κ1) is 21.6. The maximum absolute atomic E-state index is 12.6. The van der Waals surface area contributed by atoms with Crippen molar-refractivity contribution in [3.8, 4) is 5.75 Å². The van der Waals surface area contributed by atoms with Crippen LogP contribution in [0.1, 0.15) is 70.9 Å². The van der Waals surface area contributed by atoms with Crippen molar-refractivity contribution >= 4 is 17.5 Å². The molecule has 7 nitrogen and oxygen atoms in total. The number of rotatable bonds is 7. The molecule has 0 radical (unpaired) electrons. The second-order valence-corrected chi connectivity index (χ2v) is 7.87. The summed E-state index contributed by atoms with van der Waals surface area (Å²) >= 11 is 0. The largest absolute Gasteiger partial charge is 0.497 e. The molecule has 2 aromatic rings. The van der Waals surface area contributed by atoms with Crippen LogP contribution >= 0.6 is 0 Å². The van der Waals surface area contributed by atoms with Crippen LogP contribution in [0.5, 0.6) is 5.75 Å². The number of carbonyl (C=O) groups excluding carboxylic acids is 2. The van der Waals surface area contributed by atoms with Crippen LogP contribution in [0, 0.1) is 12.8 Å². The third-order valence-corrected chi connectivity index (χ3v) is 5.18. The summed E-state index contributed by atoms with van der Waals surface area (Å²) in [5.41, 5.74) is 5.46. The van der Waals surface area contributed by atoms with E-state index in [-0.39, 0.29) is 11.8 Å². The fraction of sp³-hybridized carbons (Fsp3) is 0.435. The van der Waals surface area contributed by atoms with E-state index in [0.29, 0.717) is 36.0 Å². The summed E-state index contributed by atoms with van der Waals surface area (Å²) in [7, 11) is 1.58. The van der Waals surface area contributed by atoms with Crippen molar-refractivity contribution in [3.05, 3.63) is 52.5 Å². The van der Waals surface area contributed by atoms with Gasteiger partial charge >= 0.3 is 0 Å². The molecule has 0 unspecified atom stereocenters. The lowest BCUT2D eigenvalue weighted by molar-refractivity contribution is 0.0920. The first-order valence-corrected chi connectivity index (χ1v) is 10.3. The van der Waals surface area contributed by atoms with E-state index >= 15 is 0 Å². The Morgan fingerprint density at radius 3 is 2.57 bits per heavy atom. The van der Waals surface area contributed by atoms with E-state index in [2.05, 4.69) is 29.7 Å². The molecule has 2 amide bonds. The van der Waals surface area contributed by atoms with E-state index in [4.69, 9.17) is 9.15 Å². The van der Waals surface area contributed by atoms with Gasteiger partial charge in [-0.2, -0.15) is 5.10 Å². The normalized spacial score (nSPS) is 14.5. The van der Waals surface area contributed by atoms with Crippen LogP contribution < -0.4 is 15.5 Å². The van der Waals surface area contributed by atoms with Gasteiger partial charge in [0.25, 0.3) is 11.8 Å². The van der Waals surface area contributed by atoms with Crippen molar-refractivity contribution in [2.24, 2.45) is 11.0 Å². The second kappa shape index (κ2) is 9.61. The molecule has 0 spiro atoms. The Labute approximate surface area is 176 Å². The number of furan rings is 1. The Hall–Kier alpha value is -3.09. The lowest BCUT2D eigenvalue weighted by Gasteiger charge is -2.13. The number of amides is 2. The zero-order valence-electron chi connectivity index (χ0n) is 18.0. The lowest BCUT2D eigenvalue weighted by Crippen LogP contribution is -2.25. The Morgan fingerprint density at radius 1 is 1.17 bits per heavy atom. The monoisotopic (exact) mass is 411 g/mol. The number of ether oxygens (including phenoxy) is 1. The number of nitrogens with one attached hydrogen (secondary N) is 2. The molecular weight excluding hydrogens is 382 g/mol. The van der Waals surface area contributed by atoms with E-state index in [9.17, 15) is 9.59 Å². The smallest absolute Gasteiger partial charge is 0.287 e. The minimum atomic E-state index is -0.301. The van der Waals surface area contributed by atoms with Gasteiger partial charge in [-0.3, -0.25) is 9.59 Å². The third-order valence-electron chi connectivity index (χ3n) is 5.18. The highest BCUT2D eigenvalue weighted by atomic mass is 16.5. The van der Waals surface area contributed by atoms with Crippen molar-refractivity contribution in [3.63, 3.8) is 0 Å². The molecule has 7 heteroatoms. The SMILES string of the molecule is COc1ccc(C(=O)N/N=C2\CCCc3oc(C(=O)NCCC(C)C)c(C)c32)cc1. The quantitative estimate of drug-likeness (QED) is 0.677. The van der Waals surface area contributed by atoms with Crippen LogP contribution in [0.4, 0.5) is 0 Å². The number of hydrogen-bond acceptors (Lipinski definition) is 5. The number of hydrogen-bond donors (Lipinski definition) is 2.